The highest BCUT2D eigenvalue weighted by atomic mass is 32.1. The van der Waals surface area contributed by atoms with Crippen LogP contribution in [-0.4, -0.2) is 17.3 Å². The molecule has 1 aromatic carbocycles. The molecular weight excluding hydrogens is 280 g/mol. The summed E-state index contributed by atoms with van der Waals surface area (Å²) in [6, 6.07) is 12.0. The van der Waals surface area contributed by atoms with Crippen LogP contribution >= 0.6 is 11.3 Å². The number of hydrogen-bond acceptors (Lipinski definition) is 4. The Kier molecular flexibility index (Phi) is 3.97. The zero-order valence-electron chi connectivity index (χ0n) is 11.8. The van der Waals surface area contributed by atoms with Crippen LogP contribution in [0.1, 0.15) is 21.7 Å². The molecule has 21 heavy (non-hydrogen) atoms. The fraction of sp³-hybridized carbons (Fsp3) is 0.176. The molecule has 0 atom stereocenters. The second kappa shape index (κ2) is 6.06. The molecule has 106 valence electrons. The zero-order chi connectivity index (χ0) is 14.7. The molecule has 0 saturated carbocycles. The van der Waals surface area contributed by atoms with Crippen molar-refractivity contribution in [2.75, 3.05) is 11.9 Å². The van der Waals surface area contributed by atoms with Crippen LogP contribution < -0.4 is 5.32 Å². The number of benzene rings is 1. The number of rotatable bonds is 5. The summed E-state index contributed by atoms with van der Waals surface area (Å²) in [7, 11) is 0. The third-order valence-corrected chi connectivity index (χ3v) is 4.75. The van der Waals surface area contributed by atoms with Gasteiger partial charge >= 0.3 is 0 Å². The van der Waals surface area contributed by atoms with Crippen molar-refractivity contribution in [1.82, 2.24) is 4.98 Å². The molecule has 0 aliphatic heterocycles. The van der Waals surface area contributed by atoms with Gasteiger partial charge < -0.3 is 5.32 Å². The van der Waals surface area contributed by atoms with Crippen molar-refractivity contribution in [3.63, 3.8) is 0 Å². The van der Waals surface area contributed by atoms with Crippen LogP contribution in [0.25, 0.3) is 10.1 Å². The van der Waals surface area contributed by atoms with Gasteiger partial charge in [0.05, 0.1) is 10.6 Å². The standard InChI is InChI=1S/C17H16N2OS/c1-12-14-6-2-3-7-16(14)21-17(12)15(20)8-10-19-13-5-4-9-18-11-13/h2-7,9,11,19H,8,10H2,1H3. The fourth-order valence-corrected chi connectivity index (χ4v) is 3.52. The number of pyridine rings is 1. The molecule has 0 unspecified atom stereocenters. The van der Waals surface area contributed by atoms with Crippen LogP contribution in [0.2, 0.25) is 0 Å². The summed E-state index contributed by atoms with van der Waals surface area (Å²) < 4.78 is 1.18. The molecule has 0 fully saturated rings. The van der Waals surface area contributed by atoms with Crippen molar-refractivity contribution in [1.29, 1.82) is 0 Å². The SMILES string of the molecule is Cc1c(C(=O)CCNc2cccnc2)sc2ccccc12. The van der Waals surface area contributed by atoms with Gasteiger partial charge in [-0.05, 0) is 36.1 Å². The highest BCUT2D eigenvalue weighted by molar-refractivity contribution is 7.21. The first-order valence-corrected chi connectivity index (χ1v) is 7.72. The molecular formula is C17H16N2OS. The maximum absolute atomic E-state index is 12.4. The van der Waals surface area contributed by atoms with Crippen LogP contribution in [0.4, 0.5) is 5.69 Å². The highest BCUT2D eigenvalue weighted by Crippen LogP contribution is 2.31. The Morgan fingerprint density at radius 1 is 1.24 bits per heavy atom. The molecule has 1 N–H and O–H groups in total. The van der Waals surface area contributed by atoms with Gasteiger partial charge in [0.1, 0.15) is 0 Å². The summed E-state index contributed by atoms with van der Waals surface area (Å²) in [5.41, 5.74) is 2.04. The number of fused-ring (bicyclic) bond motifs is 1. The number of Topliss-reactive ketones (excluding diaryl/α,β-unsaturated/α-hetero) is 1. The van der Waals surface area contributed by atoms with Crippen LogP contribution in [-0.2, 0) is 0 Å². The smallest absolute Gasteiger partial charge is 0.174 e. The Morgan fingerprint density at radius 2 is 2.10 bits per heavy atom. The van der Waals surface area contributed by atoms with Gasteiger partial charge in [0.2, 0.25) is 0 Å². The van der Waals surface area contributed by atoms with E-state index in [1.165, 1.54) is 10.1 Å². The van der Waals surface area contributed by atoms with Crippen LogP contribution in [0.3, 0.4) is 0 Å². The number of anilines is 1. The number of carbonyl (C=O) groups excluding carboxylic acids is 1. The summed E-state index contributed by atoms with van der Waals surface area (Å²) in [5, 5.41) is 4.41. The number of nitrogens with zero attached hydrogens (tertiary/aromatic N) is 1. The number of carbonyl (C=O) groups is 1. The van der Waals surface area contributed by atoms with E-state index in [-0.39, 0.29) is 5.78 Å². The minimum Gasteiger partial charge on any atom is -0.383 e. The normalized spacial score (nSPS) is 10.7. The first kappa shape index (κ1) is 13.8. The molecule has 0 saturated heterocycles. The average Bonchev–Trinajstić information content (AvgIpc) is 2.86. The molecule has 4 heteroatoms. The zero-order valence-corrected chi connectivity index (χ0v) is 12.6. The van der Waals surface area contributed by atoms with E-state index in [1.807, 2.05) is 31.2 Å². The summed E-state index contributed by atoms with van der Waals surface area (Å²) >= 11 is 1.59. The maximum atomic E-state index is 12.4. The monoisotopic (exact) mass is 296 g/mol. The third-order valence-electron chi connectivity index (χ3n) is 3.44. The quantitative estimate of drug-likeness (QED) is 0.714. The Balaban J connectivity index is 1.68. The molecule has 0 radical (unpaired) electrons. The molecule has 2 heterocycles. The van der Waals surface area contributed by atoms with Gasteiger partial charge in [-0.15, -0.1) is 11.3 Å². The molecule has 3 aromatic rings. The van der Waals surface area contributed by atoms with Gasteiger partial charge in [-0.1, -0.05) is 18.2 Å². The molecule has 2 aromatic heterocycles. The van der Waals surface area contributed by atoms with Crippen LogP contribution in [0, 0.1) is 6.92 Å². The summed E-state index contributed by atoms with van der Waals surface area (Å²) in [6.07, 6.45) is 3.98. The van der Waals surface area contributed by atoms with Crippen molar-refractivity contribution in [3.8, 4) is 0 Å². The van der Waals surface area contributed by atoms with E-state index >= 15 is 0 Å². The van der Waals surface area contributed by atoms with Crippen molar-refractivity contribution < 1.29 is 4.79 Å². The number of aryl methyl sites for hydroxylation is 1. The number of aromatic nitrogens is 1. The molecule has 3 nitrogen and oxygen atoms in total. The van der Waals surface area contributed by atoms with Crippen LogP contribution in [0.15, 0.2) is 48.8 Å². The Morgan fingerprint density at radius 3 is 2.86 bits per heavy atom. The number of nitrogens with one attached hydrogen (secondary N) is 1. The first-order chi connectivity index (χ1) is 10.3. The summed E-state index contributed by atoms with van der Waals surface area (Å²) in [5.74, 6) is 0.199. The first-order valence-electron chi connectivity index (χ1n) is 6.91. The number of hydrogen-bond donors (Lipinski definition) is 1. The second-order valence-electron chi connectivity index (χ2n) is 4.89. The third kappa shape index (κ3) is 2.95. The number of ketones is 1. The maximum Gasteiger partial charge on any atom is 0.174 e. The molecule has 3 rings (SSSR count). The van der Waals surface area contributed by atoms with Gasteiger partial charge in [0.15, 0.2) is 5.78 Å². The van der Waals surface area contributed by atoms with Gasteiger partial charge in [0.25, 0.3) is 0 Å². The van der Waals surface area contributed by atoms with E-state index in [0.717, 1.165) is 16.1 Å². The van der Waals surface area contributed by atoms with Crippen molar-refractivity contribution in [3.05, 3.63) is 59.2 Å². The van der Waals surface area contributed by atoms with Gasteiger partial charge in [-0.3, -0.25) is 9.78 Å². The van der Waals surface area contributed by atoms with E-state index in [4.69, 9.17) is 0 Å². The molecule has 0 aliphatic carbocycles. The largest absolute Gasteiger partial charge is 0.383 e. The molecule has 0 spiro atoms. The van der Waals surface area contributed by atoms with Crippen molar-refractivity contribution >= 4 is 32.9 Å². The van der Waals surface area contributed by atoms with Gasteiger partial charge in [-0.2, -0.15) is 0 Å². The number of thiophene rings is 1. The Bertz CT molecular complexity index is 765. The average molecular weight is 296 g/mol. The van der Waals surface area contributed by atoms with E-state index in [1.54, 1.807) is 23.7 Å². The van der Waals surface area contributed by atoms with E-state index in [0.29, 0.717) is 13.0 Å². The highest BCUT2D eigenvalue weighted by Gasteiger charge is 2.14. The predicted molar refractivity (Wildman–Crippen MR) is 88.2 cm³/mol. The topological polar surface area (TPSA) is 42.0 Å². The van der Waals surface area contributed by atoms with Gasteiger partial charge in [0, 0.05) is 30.1 Å². The molecule has 0 bridgehead atoms. The van der Waals surface area contributed by atoms with Crippen LogP contribution in [0.5, 0.6) is 0 Å². The van der Waals surface area contributed by atoms with Gasteiger partial charge in [-0.25, -0.2) is 0 Å². The summed E-state index contributed by atoms with van der Waals surface area (Å²) in [6.45, 7) is 2.65. The van der Waals surface area contributed by atoms with Crippen molar-refractivity contribution in [2.24, 2.45) is 0 Å². The Labute approximate surface area is 127 Å². The minimum atomic E-state index is 0.199. The molecule has 0 amide bonds. The lowest BCUT2D eigenvalue weighted by atomic mass is 10.1. The van der Waals surface area contributed by atoms with E-state index in [2.05, 4.69) is 22.4 Å². The Hall–Kier alpha value is -2.20. The van der Waals surface area contributed by atoms with E-state index < -0.39 is 0 Å². The second-order valence-corrected chi connectivity index (χ2v) is 5.95. The lowest BCUT2D eigenvalue weighted by Gasteiger charge is -2.04. The fourth-order valence-electron chi connectivity index (χ4n) is 2.34. The molecule has 0 aliphatic rings. The van der Waals surface area contributed by atoms with Crippen molar-refractivity contribution in [2.45, 2.75) is 13.3 Å². The summed E-state index contributed by atoms with van der Waals surface area (Å²) in [4.78, 5) is 17.3. The predicted octanol–water partition coefficient (Wildman–Crippen LogP) is 4.29. The lowest BCUT2D eigenvalue weighted by Crippen LogP contribution is -2.08. The minimum absolute atomic E-state index is 0.199. The van der Waals surface area contributed by atoms with E-state index in [9.17, 15) is 4.79 Å². The lowest BCUT2D eigenvalue weighted by molar-refractivity contribution is 0.0990.